The highest BCUT2D eigenvalue weighted by Crippen LogP contribution is 2.45. The number of carbonyl (C=O) groups excluding carboxylic acids is 1. The van der Waals surface area contributed by atoms with Crippen molar-refractivity contribution in [3.63, 3.8) is 0 Å². The second kappa shape index (κ2) is 9.61. The van der Waals surface area contributed by atoms with Crippen molar-refractivity contribution in [2.75, 3.05) is 18.5 Å². The van der Waals surface area contributed by atoms with Gasteiger partial charge in [-0.25, -0.2) is 8.42 Å². The van der Waals surface area contributed by atoms with Crippen molar-refractivity contribution in [3.05, 3.63) is 94.4 Å². The Morgan fingerprint density at radius 3 is 2.03 bits per heavy atom. The van der Waals surface area contributed by atoms with E-state index in [4.69, 9.17) is 9.47 Å². The van der Waals surface area contributed by atoms with Gasteiger partial charge in [-0.3, -0.25) is 9.10 Å². The van der Waals surface area contributed by atoms with E-state index in [1.807, 2.05) is 60.7 Å². The Kier molecular flexibility index (Phi) is 6.61. The second-order valence-corrected chi connectivity index (χ2v) is 9.64. The highest BCUT2D eigenvalue weighted by atomic mass is 32.2. The molecule has 0 aliphatic carbocycles. The molecule has 3 aromatic carbocycles. The number of anilines is 1. The molecule has 1 aliphatic rings. The average molecular weight is 479 g/mol. The van der Waals surface area contributed by atoms with Crippen molar-refractivity contribution in [2.45, 2.75) is 20.0 Å². The van der Waals surface area contributed by atoms with E-state index in [2.05, 4.69) is 5.32 Å². The molecule has 176 valence electrons. The van der Waals surface area contributed by atoms with E-state index in [-0.39, 0.29) is 18.0 Å². The van der Waals surface area contributed by atoms with E-state index in [0.29, 0.717) is 28.3 Å². The summed E-state index contributed by atoms with van der Waals surface area (Å²) >= 11 is 0. The zero-order valence-electron chi connectivity index (χ0n) is 19.2. The number of hydrogen-bond acceptors (Lipinski definition) is 5. The van der Waals surface area contributed by atoms with Crippen molar-refractivity contribution in [1.82, 2.24) is 5.32 Å². The van der Waals surface area contributed by atoms with Gasteiger partial charge >= 0.3 is 0 Å². The van der Waals surface area contributed by atoms with Gasteiger partial charge in [-0.1, -0.05) is 60.7 Å². The van der Waals surface area contributed by atoms with Crippen molar-refractivity contribution >= 4 is 27.2 Å². The highest BCUT2D eigenvalue weighted by Gasteiger charge is 2.40. The Morgan fingerprint density at radius 1 is 0.882 bits per heavy atom. The van der Waals surface area contributed by atoms with Gasteiger partial charge in [0.1, 0.15) is 0 Å². The Morgan fingerprint density at radius 2 is 1.44 bits per heavy atom. The molecule has 0 aromatic heterocycles. The summed E-state index contributed by atoms with van der Waals surface area (Å²) in [5.74, 6) is 0.197. The number of fused-ring (bicyclic) bond motifs is 1. The van der Waals surface area contributed by atoms with E-state index >= 15 is 0 Å². The fraction of sp³-hybridized carbons (Fsp3) is 0.192. The van der Waals surface area contributed by atoms with Gasteiger partial charge in [0.25, 0.3) is 15.9 Å². The summed E-state index contributed by atoms with van der Waals surface area (Å²) in [5.41, 5.74) is 3.03. The van der Waals surface area contributed by atoms with Crippen LogP contribution in [0.15, 0.2) is 77.7 Å². The lowest BCUT2D eigenvalue weighted by Crippen LogP contribution is -2.40. The molecule has 0 unspecified atom stereocenters. The third kappa shape index (κ3) is 4.36. The Hall–Kier alpha value is -3.78. The number of benzene rings is 3. The van der Waals surface area contributed by atoms with Gasteiger partial charge < -0.3 is 14.8 Å². The van der Waals surface area contributed by atoms with E-state index in [9.17, 15) is 13.2 Å². The second-order valence-electron chi connectivity index (χ2n) is 7.84. The summed E-state index contributed by atoms with van der Waals surface area (Å²) in [7, 11) is -1.16. The number of methoxy groups -OCH3 is 2. The molecule has 34 heavy (non-hydrogen) atoms. The van der Waals surface area contributed by atoms with Crippen LogP contribution < -0.4 is 19.1 Å². The molecule has 8 heteroatoms. The van der Waals surface area contributed by atoms with Crippen LogP contribution in [0.2, 0.25) is 0 Å². The molecule has 0 spiro atoms. The first-order valence-corrected chi connectivity index (χ1v) is 12.2. The molecule has 0 atom stereocenters. The van der Waals surface area contributed by atoms with Crippen LogP contribution in [0.25, 0.3) is 5.57 Å². The van der Waals surface area contributed by atoms with Crippen LogP contribution in [0.1, 0.15) is 23.6 Å². The van der Waals surface area contributed by atoms with Crippen LogP contribution in [-0.4, -0.2) is 28.5 Å². The maximum atomic E-state index is 13.8. The number of allylic oxidation sites excluding steroid dienone is 1. The Balaban J connectivity index is 1.82. The summed E-state index contributed by atoms with van der Waals surface area (Å²) in [6.45, 7) is 1.91. The minimum absolute atomic E-state index is 0.0639. The topological polar surface area (TPSA) is 84.9 Å². The predicted octanol–water partition coefficient (Wildman–Crippen LogP) is 4.10. The minimum Gasteiger partial charge on any atom is -0.493 e. The zero-order valence-corrected chi connectivity index (χ0v) is 20.1. The number of nitrogens with one attached hydrogen (secondary N) is 1. The third-order valence-corrected chi connectivity index (χ3v) is 7.65. The van der Waals surface area contributed by atoms with Crippen LogP contribution >= 0.6 is 0 Å². The van der Waals surface area contributed by atoms with Crippen molar-refractivity contribution in [2.24, 2.45) is 0 Å². The highest BCUT2D eigenvalue weighted by molar-refractivity contribution is 7.97. The summed E-state index contributed by atoms with van der Waals surface area (Å²) in [4.78, 5) is 13.0. The third-order valence-electron chi connectivity index (χ3n) is 5.73. The molecule has 0 radical (unpaired) electrons. The van der Waals surface area contributed by atoms with Gasteiger partial charge in [-0.2, -0.15) is 0 Å². The van der Waals surface area contributed by atoms with Gasteiger partial charge in [0.05, 0.1) is 26.5 Å². The fourth-order valence-electron chi connectivity index (χ4n) is 4.00. The lowest BCUT2D eigenvalue weighted by Gasteiger charge is -2.33. The lowest BCUT2D eigenvalue weighted by atomic mass is 10.0. The van der Waals surface area contributed by atoms with E-state index in [0.717, 1.165) is 11.1 Å². The zero-order chi connectivity index (χ0) is 24.3. The molecule has 0 bridgehead atoms. The number of hydrogen-bond donors (Lipinski definition) is 1. The molecule has 1 heterocycles. The summed E-state index contributed by atoms with van der Waals surface area (Å²) in [6.07, 6.45) is 0. The van der Waals surface area contributed by atoms with Crippen molar-refractivity contribution in [1.29, 1.82) is 0 Å². The smallest absolute Gasteiger partial charge is 0.270 e. The Bertz CT molecular complexity index is 1340. The number of carbonyl (C=O) groups is 1. The van der Waals surface area contributed by atoms with E-state index in [1.165, 1.54) is 18.5 Å². The first-order chi connectivity index (χ1) is 16.4. The van der Waals surface area contributed by atoms with E-state index < -0.39 is 15.9 Å². The maximum Gasteiger partial charge on any atom is 0.270 e. The van der Waals surface area contributed by atoms with Gasteiger partial charge in [-0.05, 0) is 29.7 Å². The molecule has 0 saturated carbocycles. The molecule has 4 rings (SSSR count). The standard InChI is InChI=1S/C26H26N2O5S/c1-18-21-14-23(32-2)24(33-3)15-22(21)28(17-20-12-8-5-9-13-20)34(30,31)25(18)26(29)27-16-19-10-6-4-7-11-19/h4-15H,16-17H2,1-3H3,(H,27,29). The summed E-state index contributed by atoms with van der Waals surface area (Å²) in [5, 5.41) is 2.76. The quantitative estimate of drug-likeness (QED) is 0.553. The lowest BCUT2D eigenvalue weighted by molar-refractivity contribution is -0.117. The first kappa shape index (κ1) is 23.4. The molecule has 3 aromatic rings. The monoisotopic (exact) mass is 478 g/mol. The Labute approximate surface area is 199 Å². The number of sulfonamides is 1. The van der Waals surface area contributed by atoms with Crippen LogP contribution in [-0.2, 0) is 27.9 Å². The normalized spacial score (nSPS) is 14.4. The van der Waals surface area contributed by atoms with E-state index in [1.54, 1.807) is 19.1 Å². The molecule has 1 aliphatic heterocycles. The molecule has 1 amide bonds. The maximum absolute atomic E-state index is 13.8. The van der Waals surface area contributed by atoms with Gasteiger partial charge in [0.15, 0.2) is 16.4 Å². The fourth-order valence-corrected chi connectivity index (χ4v) is 5.75. The van der Waals surface area contributed by atoms with Crippen molar-refractivity contribution < 1.29 is 22.7 Å². The molecule has 7 nitrogen and oxygen atoms in total. The van der Waals surface area contributed by atoms with Gasteiger partial charge in [0, 0.05) is 18.2 Å². The SMILES string of the molecule is COc1cc2c(cc1OC)N(Cc1ccccc1)S(=O)(=O)C(C(=O)NCc1ccccc1)=C2C. The minimum atomic E-state index is -4.17. The molecular formula is C26H26N2O5S. The van der Waals surface area contributed by atoms with Crippen LogP contribution in [0, 0.1) is 0 Å². The molecule has 1 N–H and O–H groups in total. The number of nitrogens with zero attached hydrogens (tertiary/aromatic N) is 1. The average Bonchev–Trinajstić information content (AvgIpc) is 2.85. The largest absolute Gasteiger partial charge is 0.493 e. The van der Waals surface area contributed by atoms with Gasteiger partial charge in [-0.15, -0.1) is 0 Å². The van der Waals surface area contributed by atoms with Crippen LogP contribution in [0.5, 0.6) is 11.5 Å². The number of amides is 1. The molecule has 0 fully saturated rings. The molecule has 0 saturated heterocycles. The van der Waals surface area contributed by atoms with Gasteiger partial charge in [0.2, 0.25) is 0 Å². The number of rotatable bonds is 7. The first-order valence-electron chi connectivity index (χ1n) is 10.7. The molecular weight excluding hydrogens is 452 g/mol. The number of ether oxygens (including phenoxy) is 2. The summed E-state index contributed by atoms with van der Waals surface area (Å²) in [6, 6.07) is 21.9. The predicted molar refractivity (Wildman–Crippen MR) is 132 cm³/mol. The van der Waals surface area contributed by atoms with Crippen molar-refractivity contribution in [3.8, 4) is 11.5 Å². The van der Waals surface area contributed by atoms with Crippen LogP contribution in [0.3, 0.4) is 0 Å². The summed E-state index contributed by atoms with van der Waals surface area (Å²) < 4.78 is 39.8. The van der Waals surface area contributed by atoms with Crippen LogP contribution in [0.4, 0.5) is 5.69 Å².